The summed E-state index contributed by atoms with van der Waals surface area (Å²) in [4.78, 5) is 16.4. The van der Waals surface area contributed by atoms with Crippen molar-refractivity contribution in [2.75, 3.05) is 49.3 Å². The minimum atomic E-state index is 0.282. The number of benzene rings is 2. The molecule has 3 heterocycles. The van der Waals surface area contributed by atoms with Crippen LogP contribution in [0.25, 0.3) is 10.8 Å². The van der Waals surface area contributed by atoms with Gasteiger partial charge in [-0.2, -0.15) is 4.98 Å². The van der Waals surface area contributed by atoms with Crippen LogP contribution < -0.4 is 15.5 Å². The molecule has 1 aromatic heterocycles. The smallest absolute Gasteiger partial charge is 0.227 e. The largest absolute Gasteiger partial charge is 0.508 e. The lowest BCUT2D eigenvalue weighted by molar-refractivity contribution is 0.315. The molecular weight excluding hydrogens is 376 g/mol. The van der Waals surface area contributed by atoms with E-state index in [4.69, 9.17) is 10.7 Å². The van der Waals surface area contributed by atoms with Crippen molar-refractivity contribution < 1.29 is 5.11 Å². The van der Waals surface area contributed by atoms with Gasteiger partial charge in [0.05, 0.1) is 12.2 Å². The molecule has 7 heteroatoms. The van der Waals surface area contributed by atoms with Crippen LogP contribution >= 0.6 is 0 Å². The molecule has 0 aliphatic carbocycles. The van der Waals surface area contributed by atoms with E-state index in [1.54, 1.807) is 0 Å². The Labute approximate surface area is 176 Å². The molecule has 0 amide bonds. The van der Waals surface area contributed by atoms with Crippen molar-refractivity contribution in [3.8, 4) is 5.75 Å². The van der Waals surface area contributed by atoms with E-state index in [0.29, 0.717) is 18.4 Å². The summed E-state index contributed by atoms with van der Waals surface area (Å²) in [5, 5.41) is 12.4. The summed E-state index contributed by atoms with van der Waals surface area (Å²) in [6, 6.07) is 12.3. The number of likely N-dealkylation sites (N-methyl/N-ethyl adjacent to an activating group) is 1. The first kappa shape index (κ1) is 18.9. The van der Waals surface area contributed by atoms with Crippen LogP contribution in [0.3, 0.4) is 0 Å². The second-order valence-corrected chi connectivity index (χ2v) is 8.54. The summed E-state index contributed by atoms with van der Waals surface area (Å²) < 4.78 is 0. The fourth-order valence-corrected chi connectivity index (χ4v) is 4.67. The van der Waals surface area contributed by atoms with E-state index in [1.165, 1.54) is 0 Å². The molecule has 0 saturated carbocycles. The first-order chi connectivity index (χ1) is 14.5. The van der Waals surface area contributed by atoms with Gasteiger partial charge in [-0.25, -0.2) is 4.98 Å². The van der Waals surface area contributed by atoms with E-state index in [1.807, 2.05) is 30.3 Å². The molecule has 7 nitrogen and oxygen atoms in total. The maximum absolute atomic E-state index is 10.3. The van der Waals surface area contributed by atoms with Crippen molar-refractivity contribution in [1.29, 1.82) is 0 Å². The zero-order valence-corrected chi connectivity index (χ0v) is 17.5. The number of aromatic nitrogens is 2. The minimum absolute atomic E-state index is 0.282. The molecule has 0 bridgehead atoms. The molecule has 156 valence electrons. The van der Waals surface area contributed by atoms with Gasteiger partial charge in [0.2, 0.25) is 5.95 Å². The standard InChI is InChI=1S/C23H28N6O/c1-27(2)16-7-9-29(13-16)23-25-20-14-28(10-8-19(20)22(24)26-23)21-12-17(30)11-15-5-3-4-6-18(15)21/h3-6,11-12,16,30H,7-10,13-14H2,1-2H3,(H2,24,25,26). The first-order valence-corrected chi connectivity index (χ1v) is 10.5. The molecule has 5 rings (SSSR count). The SMILES string of the molecule is CN(C)C1CCN(c2nc(N)c3c(n2)CN(c2cc(O)cc4ccccc24)CC3)C1. The Morgan fingerprint density at radius 2 is 1.93 bits per heavy atom. The second kappa shape index (κ2) is 7.32. The Morgan fingerprint density at radius 3 is 2.73 bits per heavy atom. The van der Waals surface area contributed by atoms with E-state index in [9.17, 15) is 5.11 Å². The zero-order chi connectivity index (χ0) is 20.8. The third kappa shape index (κ3) is 3.29. The van der Waals surface area contributed by atoms with E-state index >= 15 is 0 Å². The van der Waals surface area contributed by atoms with Crippen molar-refractivity contribution in [2.45, 2.75) is 25.4 Å². The molecule has 30 heavy (non-hydrogen) atoms. The summed E-state index contributed by atoms with van der Waals surface area (Å²) in [5.41, 5.74) is 9.44. The van der Waals surface area contributed by atoms with E-state index < -0.39 is 0 Å². The lowest BCUT2D eigenvalue weighted by Gasteiger charge is -2.32. The number of hydrogen-bond donors (Lipinski definition) is 2. The van der Waals surface area contributed by atoms with Crippen LogP contribution in [-0.4, -0.2) is 59.7 Å². The van der Waals surface area contributed by atoms with Crippen LogP contribution in [0.4, 0.5) is 17.5 Å². The Balaban J connectivity index is 1.48. The lowest BCUT2D eigenvalue weighted by Crippen LogP contribution is -2.34. The van der Waals surface area contributed by atoms with Crippen molar-refractivity contribution in [1.82, 2.24) is 14.9 Å². The highest BCUT2D eigenvalue weighted by atomic mass is 16.3. The van der Waals surface area contributed by atoms with E-state index in [2.05, 4.69) is 39.8 Å². The fraction of sp³-hybridized carbons (Fsp3) is 0.391. The molecule has 1 fully saturated rings. The van der Waals surface area contributed by atoms with Gasteiger partial charge >= 0.3 is 0 Å². The second-order valence-electron chi connectivity index (χ2n) is 8.54. The molecular formula is C23H28N6O. The number of nitrogens with zero attached hydrogens (tertiary/aromatic N) is 5. The van der Waals surface area contributed by atoms with Crippen LogP contribution in [-0.2, 0) is 13.0 Å². The van der Waals surface area contributed by atoms with Gasteiger partial charge in [0.1, 0.15) is 11.6 Å². The summed E-state index contributed by atoms with van der Waals surface area (Å²) in [7, 11) is 4.24. The average molecular weight is 405 g/mol. The van der Waals surface area contributed by atoms with Gasteiger partial charge in [-0.1, -0.05) is 24.3 Å². The number of anilines is 3. The first-order valence-electron chi connectivity index (χ1n) is 10.5. The predicted molar refractivity (Wildman–Crippen MR) is 121 cm³/mol. The molecule has 3 aromatic rings. The normalized spacial score (nSPS) is 19.0. The van der Waals surface area contributed by atoms with Gasteiger partial charge in [0, 0.05) is 48.4 Å². The van der Waals surface area contributed by atoms with Gasteiger partial charge in [-0.15, -0.1) is 0 Å². The van der Waals surface area contributed by atoms with Gasteiger partial charge < -0.3 is 25.5 Å². The summed E-state index contributed by atoms with van der Waals surface area (Å²) in [6.45, 7) is 3.35. The van der Waals surface area contributed by atoms with Gasteiger partial charge in [-0.05, 0) is 38.4 Å². The molecule has 1 unspecified atom stereocenters. The molecule has 0 spiro atoms. The number of hydrogen-bond acceptors (Lipinski definition) is 7. The van der Waals surface area contributed by atoms with Crippen LogP contribution in [0.15, 0.2) is 36.4 Å². The Morgan fingerprint density at radius 1 is 1.10 bits per heavy atom. The number of rotatable bonds is 3. The van der Waals surface area contributed by atoms with Crippen molar-refractivity contribution in [3.63, 3.8) is 0 Å². The quantitative estimate of drug-likeness (QED) is 0.694. The van der Waals surface area contributed by atoms with Crippen LogP contribution in [0.1, 0.15) is 17.7 Å². The highest BCUT2D eigenvalue weighted by Gasteiger charge is 2.29. The van der Waals surface area contributed by atoms with Gasteiger partial charge in [0.25, 0.3) is 0 Å². The minimum Gasteiger partial charge on any atom is -0.508 e. The Bertz CT molecular complexity index is 1100. The molecule has 1 saturated heterocycles. The molecule has 3 N–H and O–H groups in total. The van der Waals surface area contributed by atoms with Crippen LogP contribution in [0, 0.1) is 0 Å². The maximum atomic E-state index is 10.3. The summed E-state index contributed by atoms with van der Waals surface area (Å²) >= 11 is 0. The Hall–Kier alpha value is -3.06. The number of nitrogen functional groups attached to an aromatic ring is 1. The maximum Gasteiger partial charge on any atom is 0.227 e. The highest BCUT2D eigenvalue weighted by molar-refractivity contribution is 5.95. The molecule has 2 aliphatic heterocycles. The summed E-state index contributed by atoms with van der Waals surface area (Å²) in [5.74, 6) is 1.62. The lowest BCUT2D eigenvalue weighted by atomic mass is 10.0. The van der Waals surface area contributed by atoms with Crippen molar-refractivity contribution in [3.05, 3.63) is 47.7 Å². The van der Waals surface area contributed by atoms with Gasteiger partial charge in [-0.3, -0.25) is 0 Å². The average Bonchev–Trinajstić information content (AvgIpc) is 3.23. The highest BCUT2D eigenvalue weighted by Crippen LogP contribution is 2.35. The number of fused-ring (bicyclic) bond motifs is 2. The molecule has 2 aliphatic rings. The third-order valence-corrected chi connectivity index (χ3v) is 6.43. The van der Waals surface area contributed by atoms with E-state index in [0.717, 1.165) is 66.1 Å². The summed E-state index contributed by atoms with van der Waals surface area (Å²) in [6.07, 6.45) is 1.90. The number of phenolic OH excluding ortho intramolecular Hbond substituents is 1. The molecule has 2 aromatic carbocycles. The van der Waals surface area contributed by atoms with Crippen LogP contribution in [0.5, 0.6) is 5.75 Å². The topological polar surface area (TPSA) is 81.8 Å². The van der Waals surface area contributed by atoms with Gasteiger partial charge in [0.15, 0.2) is 0 Å². The monoisotopic (exact) mass is 404 g/mol. The number of aromatic hydroxyl groups is 1. The van der Waals surface area contributed by atoms with E-state index in [-0.39, 0.29) is 5.75 Å². The fourth-order valence-electron chi connectivity index (χ4n) is 4.67. The zero-order valence-electron chi connectivity index (χ0n) is 17.5. The third-order valence-electron chi connectivity index (χ3n) is 6.43. The molecule has 0 radical (unpaired) electrons. The van der Waals surface area contributed by atoms with Crippen molar-refractivity contribution >= 4 is 28.2 Å². The Kier molecular flexibility index (Phi) is 4.62. The van der Waals surface area contributed by atoms with Crippen molar-refractivity contribution in [2.24, 2.45) is 0 Å². The number of nitrogens with two attached hydrogens (primary N) is 1. The molecule has 1 atom stereocenters. The van der Waals surface area contributed by atoms with Crippen LogP contribution in [0.2, 0.25) is 0 Å². The predicted octanol–water partition coefficient (Wildman–Crippen LogP) is 2.62. The number of phenols is 1.